The minimum atomic E-state index is 0.278. The zero-order valence-electron chi connectivity index (χ0n) is 12.1. The molecule has 0 aromatic rings. The number of nitrogens with one attached hydrogen (secondary N) is 1. The topological polar surface area (TPSA) is 24.5 Å². The molecule has 3 unspecified atom stereocenters. The molecule has 3 nitrogen and oxygen atoms in total. The normalized spacial score (nSPS) is 41.2. The second-order valence-corrected chi connectivity index (χ2v) is 7.19. The third-order valence-electron chi connectivity index (χ3n) is 5.00. The van der Waals surface area contributed by atoms with Gasteiger partial charge >= 0.3 is 0 Å². The monoisotopic (exact) mass is 252 g/mol. The van der Waals surface area contributed by atoms with Crippen molar-refractivity contribution in [1.29, 1.82) is 0 Å². The van der Waals surface area contributed by atoms with Crippen LogP contribution < -0.4 is 5.32 Å². The minimum absolute atomic E-state index is 0.278. The number of nitrogens with zero attached hydrogens (tertiary/aromatic N) is 1. The largest absolute Gasteiger partial charge is 0.374 e. The van der Waals surface area contributed by atoms with Crippen molar-refractivity contribution in [2.45, 2.75) is 70.2 Å². The van der Waals surface area contributed by atoms with Gasteiger partial charge in [0.05, 0.1) is 12.2 Å². The fourth-order valence-electron chi connectivity index (χ4n) is 3.44. The van der Waals surface area contributed by atoms with Crippen molar-refractivity contribution < 1.29 is 4.74 Å². The highest BCUT2D eigenvalue weighted by Gasteiger charge is 2.41. The first-order valence-corrected chi connectivity index (χ1v) is 7.68. The van der Waals surface area contributed by atoms with E-state index in [4.69, 9.17) is 4.74 Å². The van der Waals surface area contributed by atoms with Gasteiger partial charge in [0.2, 0.25) is 0 Å². The third-order valence-corrected chi connectivity index (χ3v) is 5.00. The van der Waals surface area contributed by atoms with Crippen LogP contribution in [0, 0.1) is 5.92 Å². The van der Waals surface area contributed by atoms with Crippen LogP contribution in [0.3, 0.4) is 0 Å². The van der Waals surface area contributed by atoms with Crippen molar-refractivity contribution in [2.24, 2.45) is 5.92 Å². The van der Waals surface area contributed by atoms with Gasteiger partial charge in [-0.15, -0.1) is 0 Å². The van der Waals surface area contributed by atoms with Crippen LogP contribution in [0.4, 0.5) is 0 Å². The fraction of sp³-hybridized carbons (Fsp3) is 1.00. The average Bonchev–Trinajstić information content (AvgIpc) is 3.06. The van der Waals surface area contributed by atoms with Crippen LogP contribution in [0.25, 0.3) is 0 Å². The zero-order valence-corrected chi connectivity index (χ0v) is 12.1. The van der Waals surface area contributed by atoms with Gasteiger partial charge in [-0.1, -0.05) is 0 Å². The molecule has 0 bridgehead atoms. The summed E-state index contributed by atoms with van der Waals surface area (Å²) in [4.78, 5) is 2.68. The van der Waals surface area contributed by atoms with E-state index in [1.807, 2.05) is 0 Å². The van der Waals surface area contributed by atoms with Gasteiger partial charge in [-0.3, -0.25) is 4.90 Å². The molecule has 2 saturated heterocycles. The van der Waals surface area contributed by atoms with E-state index in [1.165, 1.54) is 32.2 Å². The Morgan fingerprint density at radius 2 is 2.00 bits per heavy atom. The van der Waals surface area contributed by atoms with Crippen LogP contribution in [-0.2, 0) is 4.74 Å². The molecule has 1 aliphatic carbocycles. The fourth-order valence-corrected chi connectivity index (χ4v) is 3.44. The van der Waals surface area contributed by atoms with Crippen molar-refractivity contribution in [3.63, 3.8) is 0 Å². The molecule has 3 fully saturated rings. The standard InChI is InChI=1S/C15H28N2O/c1-11-4-7-13(18-11)8-17-9-14(12-5-6-12)16-10-15(17,2)3/h11-14,16H,4-10H2,1-3H3. The van der Waals surface area contributed by atoms with Gasteiger partial charge in [0.25, 0.3) is 0 Å². The van der Waals surface area contributed by atoms with Crippen LogP contribution in [0.2, 0.25) is 0 Å². The molecule has 2 aliphatic heterocycles. The van der Waals surface area contributed by atoms with Crippen molar-refractivity contribution in [1.82, 2.24) is 10.2 Å². The lowest BCUT2D eigenvalue weighted by molar-refractivity contribution is -0.0131. The highest BCUT2D eigenvalue weighted by atomic mass is 16.5. The van der Waals surface area contributed by atoms with Gasteiger partial charge in [-0.05, 0) is 52.4 Å². The van der Waals surface area contributed by atoms with Crippen molar-refractivity contribution in [2.75, 3.05) is 19.6 Å². The molecule has 2 heterocycles. The first-order valence-electron chi connectivity index (χ1n) is 7.68. The molecule has 0 aromatic heterocycles. The van der Waals surface area contributed by atoms with E-state index in [9.17, 15) is 0 Å². The lowest BCUT2D eigenvalue weighted by atomic mass is 9.95. The molecule has 0 amide bonds. The Morgan fingerprint density at radius 1 is 1.22 bits per heavy atom. The Kier molecular flexibility index (Phi) is 3.41. The lowest BCUT2D eigenvalue weighted by Crippen LogP contribution is -2.63. The summed E-state index contributed by atoms with van der Waals surface area (Å²) in [6.45, 7) is 10.4. The van der Waals surface area contributed by atoms with E-state index in [-0.39, 0.29) is 5.54 Å². The van der Waals surface area contributed by atoms with Gasteiger partial charge in [-0.2, -0.15) is 0 Å². The van der Waals surface area contributed by atoms with E-state index in [1.54, 1.807) is 0 Å². The summed E-state index contributed by atoms with van der Waals surface area (Å²) in [5.41, 5.74) is 0.278. The highest BCUT2D eigenvalue weighted by molar-refractivity contribution is 4.99. The van der Waals surface area contributed by atoms with Crippen molar-refractivity contribution in [3.05, 3.63) is 0 Å². The molecule has 0 radical (unpaired) electrons. The molecule has 3 aliphatic rings. The van der Waals surface area contributed by atoms with Gasteiger partial charge < -0.3 is 10.1 Å². The quantitative estimate of drug-likeness (QED) is 0.831. The molecule has 18 heavy (non-hydrogen) atoms. The number of hydrogen-bond donors (Lipinski definition) is 1. The molecular formula is C15H28N2O. The first kappa shape index (κ1) is 12.9. The summed E-state index contributed by atoms with van der Waals surface area (Å²) in [6, 6.07) is 0.733. The molecule has 3 heteroatoms. The summed E-state index contributed by atoms with van der Waals surface area (Å²) >= 11 is 0. The summed E-state index contributed by atoms with van der Waals surface area (Å²) < 4.78 is 6.01. The van der Waals surface area contributed by atoms with Crippen molar-refractivity contribution >= 4 is 0 Å². The Balaban J connectivity index is 1.59. The summed E-state index contributed by atoms with van der Waals surface area (Å²) in [5.74, 6) is 0.951. The van der Waals surface area contributed by atoms with Gasteiger partial charge in [0.1, 0.15) is 0 Å². The molecule has 104 valence electrons. The predicted molar refractivity (Wildman–Crippen MR) is 73.7 cm³/mol. The predicted octanol–water partition coefficient (Wildman–Crippen LogP) is 2.02. The number of ether oxygens (including phenoxy) is 1. The highest BCUT2D eigenvalue weighted by Crippen LogP contribution is 2.36. The lowest BCUT2D eigenvalue weighted by Gasteiger charge is -2.47. The Hall–Kier alpha value is -0.120. The molecule has 0 spiro atoms. The molecule has 1 saturated carbocycles. The Bertz CT molecular complexity index is 301. The van der Waals surface area contributed by atoms with E-state index in [0.717, 1.165) is 25.0 Å². The van der Waals surface area contributed by atoms with Crippen LogP contribution in [0.15, 0.2) is 0 Å². The third kappa shape index (κ3) is 2.73. The van der Waals surface area contributed by atoms with Crippen LogP contribution in [0.1, 0.15) is 46.5 Å². The van der Waals surface area contributed by atoms with E-state index < -0.39 is 0 Å². The van der Waals surface area contributed by atoms with E-state index in [2.05, 4.69) is 31.0 Å². The number of hydrogen-bond acceptors (Lipinski definition) is 3. The minimum Gasteiger partial charge on any atom is -0.374 e. The summed E-state index contributed by atoms with van der Waals surface area (Å²) in [6.07, 6.45) is 6.29. The van der Waals surface area contributed by atoms with Gasteiger partial charge in [0.15, 0.2) is 0 Å². The zero-order chi connectivity index (χ0) is 12.8. The number of piperazine rings is 1. The second-order valence-electron chi connectivity index (χ2n) is 7.19. The second kappa shape index (κ2) is 4.77. The average molecular weight is 252 g/mol. The smallest absolute Gasteiger partial charge is 0.0706 e. The summed E-state index contributed by atoms with van der Waals surface area (Å²) in [5, 5.41) is 3.75. The Morgan fingerprint density at radius 3 is 2.61 bits per heavy atom. The van der Waals surface area contributed by atoms with Crippen molar-refractivity contribution in [3.8, 4) is 0 Å². The molecule has 3 rings (SSSR count). The van der Waals surface area contributed by atoms with E-state index in [0.29, 0.717) is 12.2 Å². The van der Waals surface area contributed by atoms with E-state index >= 15 is 0 Å². The Labute approximate surface area is 111 Å². The first-order chi connectivity index (χ1) is 8.54. The number of rotatable bonds is 3. The molecule has 1 N–H and O–H groups in total. The molecule has 3 atom stereocenters. The van der Waals surface area contributed by atoms with Gasteiger partial charge in [-0.25, -0.2) is 0 Å². The maximum atomic E-state index is 6.01. The molecule has 0 aromatic carbocycles. The maximum absolute atomic E-state index is 6.01. The molecular weight excluding hydrogens is 224 g/mol. The maximum Gasteiger partial charge on any atom is 0.0706 e. The van der Waals surface area contributed by atoms with Gasteiger partial charge in [0, 0.05) is 31.2 Å². The van der Waals surface area contributed by atoms with Crippen LogP contribution in [-0.4, -0.2) is 48.3 Å². The SMILES string of the molecule is CC1CCC(CN2CC(C3CC3)NCC2(C)C)O1. The van der Waals surface area contributed by atoms with Crippen LogP contribution >= 0.6 is 0 Å². The summed E-state index contributed by atoms with van der Waals surface area (Å²) in [7, 11) is 0. The van der Waals surface area contributed by atoms with Crippen LogP contribution in [0.5, 0.6) is 0 Å².